The zero-order valence-corrected chi connectivity index (χ0v) is 48.3. The maximum atomic E-state index is 15.5. The fraction of sp³-hybridized carbons (Fsp3) is 0.329. The summed E-state index contributed by atoms with van der Waals surface area (Å²) in [5.74, 6) is -0.140. The molecule has 11 rings (SSSR count). The largest absolute Gasteiger partial charge is 0.478 e. The second-order valence-corrected chi connectivity index (χ2v) is 24.6. The van der Waals surface area contributed by atoms with Crippen molar-refractivity contribution < 1.29 is 19.5 Å². The molecule has 9 heteroatoms. The number of nitrogens with zero attached hydrogens (tertiary/aromatic N) is 3. The van der Waals surface area contributed by atoms with Gasteiger partial charge in [0.15, 0.2) is 0 Å². The van der Waals surface area contributed by atoms with Gasteiger partial charge in [0.2, 0.25) is 0 Å². The van der Waals surface area contributed by atoms with Crippen LogP contribution in [0.15, 0.2) is 151 Å². The molecule has 4 aliphatic rings. The number of fused-ring (bicyclic) bond motifs is 4. The quantitative estimate of drug-likeness (QED) is 0.0725. The van der Waals surface area contributed by atoms with Gasteiger partial charge in [-0.2, -0.15) is 0 Å². The van der Waals surface area contributed by atoms with E-state index in [2.05, 4.69) is 156 Å². The predicted molar refractivity (Wildman–Crippen MR) is 329 cm³/mol. The second-order valence-electron chi connectivity index (χ2n) is 22.5. The Kier molecular flexibility index (Phi) is 15.9. The highest BCUT2D eigenvalue weighted by atomic mass is 32.1. The third kappa shape index (κ3) is 10.6. The summed E-state index contributed by atoms with van der Waals surface area (Å²) in [6.07, 6.45) is 14.0. The minimum atomic E-state index is -0.966. The molecule has 1 saturated carbocycles. The van der Waals surface area contributed by atoms with E-state index in [0.717, 1.165) is 95.0 Å². The highest BCUT2D eigenvalue weighted by Crippen LogP contribution is 2.55. The van der Waals surface area contributed by atoms with Gasteiger partial charge in [0, 0.05) is 46.2 Å². The van der Waals surface area contributed by atoms with Gasteiger partial charge in [-0.15, -0.1) is 22.7 Å². The fourth-order valence-corrected chi connectivity index (χ4v) is 14.8. The first-order chi connectivity index (χ1) is 38.5. The van der Waals surface area contributed by atoms with E-state index >= 15 is 9.59 Å². The Morgan fingerprint density at radius 2 is 1.09 bits per heavy atom. The van der Waals surface area contributed by atoms with Crippen LogP contribution in [0.2, 0.25) is 0 Å². The number of carbonyl (C=O) groups is 3. The van der Waals surface area contributed by atoms with E-state index in [9.17, 15) is 9.90 Å². The van der Waals surface area contributed by atoms with E-state index in [4.69, 9.17) is 0 Å². The van der Waals surface area contributed by atoms with Crippen molar-refractivity contribution in [3.63, 3.8) is 0 Å². The number of anilines is 2. The van der Waals surface area contributed by atoms with Crippen LogP contribution >= 0.6 is 22.7 Å². The number of carboxylic acids is 1. The van der Waals surface area contributed by atoms with Crippen molar-refractivity contribution >= 4 is 74.9 Å². The Labute approximate surface area is 475 Å². The van der Waals surface area contributed by atoms with Crippen molar-refractivity contribution in [2.45, 2.75) is 124 Å². The predicted octanol–water partition coefficient (Wildman–Crippen LogP) is 18.1. The summed E-state index contributed by atoms with van der Waals surface area (Å²) >= 11 is 3.25. The minimum absolute atomic E-state index is 0.0879. The number of carbonyl (C=O) groups excluding carboxylic acids is 2. The Morgan fingerprint density at radius 3 is 1.59 bits per heavy atom. The van der Waals surface area contributed by atoms with Gasteiger partial charge in [0.05, 0.1) is 37.9 Å². The van der Waals surface area contributed by atoms with Crippen LogP contribution in [-0.2, 0) is 9.59 Å². The first kappa shape index (κ1) is 53.9. The van der Waals surface area contributed by atoms with Gasteiger partial charge < -0.3 is 19.8 Å². The van der Waals surface area contributed by atoms with Crippen LogP contribution in [-0.4, -0.2) is 51.8 Å². The van der Waals surface area contributed by atoms with E-state index in [0.29, 0.717) is 41.9 Å². The lowest BCUT2D eigenvalue weighted by molar-refractivity contribution is -0.124. The molecule has 0 bridgehead atoms. The van der Waals surface area contributed by atoms with Gasteiger partial charge in [-0.3, -0.25) is 9.59 Å². The van der Waals surface area contributed by atoms with Crippen molar-refractivity contribution in [3.8, 4) is 20.9 Å². The number of carboxylic acid groups (broad SMARTS) is 1. The molecule has 5 heterocycles. The number of unbranched alkanes of at least 4 members (excludes halogenated alkanes) is 2. The maximum absolute atomic E-state index is 15.5. The molecule has 4 atom stereocenters. The number of thiophene rings is 2. The number of aryl methyl sites for hydroxylation is 2. The number of hydrogen-bond donors (Lipinski definition) is 1. The molecule has 2 amide bonds. The molecule has 7 nitrogen and oxygen atoms in total. The molecule has 404 valence electrons. The van der Waals surface area contributed by atoms with Gasteiger partial charge in [0.1, 0.15) is 0 Å². The molecule has 7 aromatic rings. The first-order valence-corrected chi connectivity index (χ1v) is 30.7. The van der Waals surface area contributed by atoms with Crippen molar-refractivity contribution in [2.75, 3.05) is 18.0 Å². The third-order valence-electron chi connectivity index (χ3n) is 17.2. The zero-order valence-electron chi connectivity index (χ0n) is 46.7. The molecule has 4 unspecified atom stereocenters. The zero-order chi connectivity index (χ0) is 54.9. The topological polar surface area (TPSA) is 81.2 Å². The Balaban J connectivity index is 0.955. The number of hydrogen-bond acceptors (Lipinski definition) is 6. The van der Waals surface area contributed by atoms with E-state index in [1.54, 1.807) is 34.8 Å². The highest BCUT2D eigenvalue weighted by Gasteiger charge is 2.50. The summed E-state index contributed by atoms with van der Waals surface area (Å²) in [6, 6.07) is 49.6. The first-order valence-electron chi connectivity index (χ1n) is 29.0. The molecule has 2 aromatic heterocycles. The molecule has 0 saturated heterocycles. The molecule has 0 spiro atoms. The molecule has 79 heavy (non-hydrogen) atoms. The van der Waals surface area contributed by atoms with Crippen molar-refractivity contribution in [3.05, 3.63) is 199 Å². The minimum Gasteiger partial charge on any atom is -0.478 e. The lowest BCUT2D eigenvalue weighted by atomic mass is 9.94. The molecular formula is C70H73N3O4S2. The van der Waals surface area contributed by atoms with Gasteiger partial charge in [-0.05, 0) is 157 Å². The fourth-order valence-electron chi connectivity index (χ4n) is 12.7. The normalized spacial score (nSPS) is 17.5. The SMILES string of the molecule is CCCCC(CC)CN1C(=O)C2=C(c3ccc(-c4ccc5c(c4)C4CCCC4N5c4ccc(C=C(c5ccc(C)cc5)c5ccc(C)cc5)cc4)s3)N(CC(CC)CCCC)C(=O)C2=C1c1ccc(-c2ccc(C(=O)O)cc2)s1. The highest BCUT2D eigenvalue weighted by molar-refractivity contribution is 7.17. The Morgan fingerprint density at radius 1 is 0.595 bits per heavy atom. The lowest BCUT2D eigenvalue weighted by Crippen LogP contribution is -2.34. The molecule has 1 fully saturated rings. The molecule has 0 radical (unpaired) electrons. The van der Waals surface area contributed by atoms with Gasteiger partial charge >= 0.3 is 5.97 Å². The smallest absolute Gasteiger partial charge is 0.335 e. The average molecular weight is 1080 g/mol. The van der Waals surface area contributed by atoms with Crippen LogP contribution in [0.5, 0.6) is 0 Å². The van der Waals surface area contributed by atoms with Crippen molar-refractivity contribution in [2.24, 2.45) is 11.8 Å². The standard InChI is InChI=1S/C70H73N3O4S2/c1-7-11-14-46(9-3)42-71-66(62-38-36-60(78-62)51-28-30-52(31-29-51)70(76)77)64-65(69(71)75)67(72(68(64)74)43-47(10-4)15-12-8-2)63-39-37-61(79-63)53-32-35-59-57(41-53)55-16-13-17-58(55)73(59)54-33-22-48(23-34-54)40-56(49-24-18-44(5)19-25-49)50-26-20-45(6)21-27-50/h18-41,46-47,55,58H,7-17,42-43H2,1-6H3,(H,76,77). The third-order valence-corrected chi connectivity index (χ3v) is 19.5. The van der Waals surface area contributed by atoms with Gasteiger partial charge in [0.25, 0.3) is 11.8 Å². The van der Waals surface area contributed by atoms with E-state index in [1.165, 1.54) is 62.3 Å². The number of amides is 2. The number of benzene rings is 5. The average Bonchev–Trinajstić information content (AvgIpc) is 3.61. The maximum Gasteiger partial charge on any atom is 0.335 e. The summed E-state index contributed by atoms with van der Waals surface area (Å²) in [7, 11) is 0. The van der Waals surface area contributed by atoms with E-state index < -0.39 is 5.97 Å². The Hall–Kier alpha value is -7.07. The molecule has 5 aromatic carbocycles. The Bertz CT molecular complexity index is 3440. The van der Waals surface area contributed by atoms with Crippen LogP contribution in [0.4, 0.5) is 11.4 Å². The van der Waals surface area contributed by atoms with E-state index in [-0.39, 0.29) is 29.2 Å². The molecular weight excluding hydrogens is 1010 g/mol. The summed E-state index contributed by atoms with van der Waals surface area (Å²) < 4.78 is 0. The van der Waals surface area contributed by atoms with Gasteiger partial charge in [-0.25, -0.2) is 4.79 Å². The van der Waals surface area contributed by atoms with Crippen molar-refractivity contribution in [1.82, 2.24) is 9.80 Å². The monoisotopic (exact) mass is 1080 g/mol. The van der Waals surface area contributed by atoms with E-state index in [1.807, 2.05) is 34.1 Å². The molecule has 1 N–H and O–H groups in total. The van der Waals surface area contributed by atoms with Gasteiger partial charge in [-0.1, -0.05) is 163 Å². The number of rotatable bonds is 21. The van der Waals surface area contributed by atoms with Crippen molar-refractivity contribution in [1.29, 1.82) is 0 Å². The second kappa shape index (κ2) is 23.3. The summed E-state index contributed by atoms with van der Waals surface area (Å²) in [4.78, 5) is 53.2. The molecule has 3 aliphatic heterocycles. The lowest BCUT2D eigenvalue weighted by Gasteiger charge is -2.29. The van der Waals surface area contributed by atoms with Crippen LogP contribution < -0.4 is 4.90 Å². The number of aromatic carboxylic acids is 1. The van der Waals surface area contributed by atoms with Crippen LogP contribution in [0.3, 0.4) is 0 Å². The van der Waals surface area contributed by atoms with Crippen LogP contribution in [0, 0.1) is 25.7 Å². The molecule has 1 aliphatic carbocycles. The summed E-state index contributed by atoms with van der Waals surface area (Å²) in [6.45, 7) is 14.2. The van der Waals surface area contributed by atoms with Crippen LogP contribution in [0.25, 0.3) is 43.9 Å². The van der Waals surface area contributed by atoms with Crippen LogP contribution in [0.1, 0.15) is 158 Å². The summed E-state index contributed by atoms with van der Waals surface area (Å²) in [5, 5.41) is 9.61. The summed E-state index contributed by atoms with van der Waals surface area (Å²) in [5.41, 5.74) is 16.0.